The molecule has 0 saturated carbocycles. The first-order valence-corrected chi connectivity index (χ1v) is 14.7. The molecule has 10 heteroatoms. The molecule has 2 aromatic rings. The summed E-state index contributed by atoms with van der Waals surface area (Å²) in [6.07, 6.45) is 0.768. The molecule has 0 aliphatic carbocycles. The summed E-state index contributed by atoms with van der Waals surface area (Å²) in [6, 6.07) is 13.0. The summed E-state index contributed by atoms with van der Waals surface area (Å²) in [5.74, 6) is 0. The van der Waals surface area contributed by atoms with E-state index in [1.807, 2.05) is 41.5 Å². The Morgan fingerprint density at radius 1 is 0.556 bits per heavy atom. The van der Waals surface area contributed by atoms with Crippen LogP contribution in [0.1, 0.15) is 51.7 Å². The standard InChI is InChI=1S/C26H38O8S2/c1-21-9-13-23(14-10-21)35(27,28)33-19-7-17-31-25(3,4)26(5,6)32-18-8-20-34-36(29,30)24-15-11-22(2)12-16-24/h9-16H,7-8,17-20H2,1-6H3. The zero-order valence-corrected chi connectivity index (χ0v) is 23.6. The van der Waals surface area contributed by atoms with Crippen molar-refractivity contribution < 1.29 is 34.7 Å². The highest BCUT2D eigenvalue weighted by Gasteiger charge is 2.39. The highest BCUT2D eigenvalue weighted by atomic mass is 32.2. The molecule has 2 aromatic carbocycles. The molecule has 202 valence electrons. The smallest absolute Gasteiger partial charge is 0.296 e. The molecule has 0 aliphatic heterocycles. The molecule has 2 rings (SSSR count). The molecule has 8 nitrogen and oxygen atoms in total. The van der Waals surface area contributed by atoms with Crippen LogP contribution in [0.25, 0.3) is 0 Å². The number of rotatable bonds is 15. The van der Waals surface area contributed by atoms with Crippen molar-refractivity contribution in [2.75, 3.05) is 26.4 Å². The predicted molar refractivity (Wildman–Crippen MR) is 138 cm³/mol. The van der Waals surface area contributed by atoms with Gasteiger partial charge in [-0.25, -0.2) is 0 Å². The normalized spacial score (nSPS) is 13.2. The van der Waals surface area contributed by atoms with Crippen molar-refractivity contribution in [3.8, 4) is 0 Å². The zero-order chi connectivity index (χ0) is 27.0. The van der Waals surface area contributed by atoms with E-state index in [2.05, 4.69) is 0 Å². The first-order valence-electron chi connectivity index (χ1n) is 11.9. The maximum Gasteiger partial charge on any atom is 0.296 e. The van der Waals surface area contributed by atoms with Gasteiger partial charge in [-0.15, -0.1) is 0 Å². The van der Waals surface area contributed by atoms with Gasteiger partial charge in [-0.2, -0.15) is 16.8 Å². The summed E-state index contributed by atoms with van der Waals surface area (Å²) < 4.78 is 71.2. The second-order valence-electron chi connectivity index (χ2n) is 9.60. The molecule has 0 fully saturated rings. The Morgan fingerprint density at radius 2 is 0.861 bits per heavy atom. The molecule has 0 heterocycles. The molecule has 0 aliphatic rings. The van der Waals surface area contributed by atoms with Crippen LogP contribution < -0.4 is 0 Å². The van der Waals surface area contributed by atoms with Gasteiger partial charge < -0.3 is 9.47 Å². The van der Waals surface area contributed by atoms with Crippen molar-refractivity contribution in [3.05, 3.63) is 59.7 Å². The summed E-state index contributed by atoms with van der Waals surface area (Å²) in [4.78, 5) is 0.249. The molecule has 0 radical (unpaired) electrons. The fraction of sp³-hybridized carbons (Fsp3) is 0.538. The third kappa shape index (κ3) is 8.93. The van der Waals surface area contributed by atoms with Crippen molar-refractivity contribution >= 4 is 20.2 Å². The van der Waals surface area contributed by atoms with Gasteiger partial charge in [-0.1, -0.05) is 35.4 Å². The summed E-state index contributed by atoms with van der Waals surface area (Å²) in [7, 11) is -7.61. The summed E-state index contributed by atoms with van der Waals surface area (Å²) >= 11 is 0. The van der Waals surface area contributed by atoms with E-state index in [-0.39, 0.29) is 36.2 Å². The Hall–Kier alpha value is -1.82. The first kappa shape index (κ1) is 30.4. The lowest BCUT2D eigenvalue weighted by Crippen LogP contribution is -2.49. The quantitative estimate of drug-likeness (QED) is 0.234. The van der Waals surface area contributed by atoms with E-state index in [0.29, 0.717) is 12.8 Å². The van der Waals surface area contributed by atoms with Crippen molar-refractivity contribution in [2.24, 2.45) is 0 Å². The predicted octanol–water partition coefficient (Wildman–Crippen LogP) is 4.78. The first-order chi connectivity index (χ1) is 16.7. The van der Waals surface area contributed by atoms with Crippen LogP contribution in [0.15, 0.2) is 58.3 Å². The maximum absolute atomic E-state index is 12.3. The second-order valence-corrected chi connectivity index (χ2v) is 12.8. The molecule has 0 aromatic heterocycles. The van der Waals surface area contributed by atoms with Gasteiger partial charge >= 0.3 is 0 Å². The SMILES string of the molecule is Cc1ccc(S(=O)(=O)OCCCOC(C)(C)C(C)(C)OCCCOS(=O)(=O)c2ccc(C)cc2)cc1. The van der Waals surface area contributed by atoms with Gasteiger partial charge in [0.1, 0.15) is 0 Å². The third-order valence-electron chi connectivity index (χ3n) is 6.05. The zero-order valence-electron chi connectivity index (χ0n) is 21.9. The number of ether oxygens (including phenoxy) is 2. The van der Waals surface area contributed by atoms with Crippen LogP contribution in [0.5, 0.6) is 0 Å². The minimum absolute atomic E-state index is 0.000368. The second kappa shape index (κ2) is 12.6. The van der Waals surface area contributed by atoms with E-state index in [1.165, 1.54) is 24.3 Å². The minimum Gasteiger partial charge on any atom is -0.373 e. The van der Waals surface area contributed by atoms with Gasteiger partial charge in [0, 0.05) is 13.2 Å². The van der Waals surface area contributed by atoms with E-state index in [0.717, 1.165) is 11.1 Å². The number of hydrogen-bond acceptors (Lipinski definition) is 8. The third-order valence-corrected chi connectivity index (χ3v) is 8.70. The number of aryl methyl sites for hydroxylation is 2. The van der Waals surface area contributed by atoms with Crippen LogP contribution in [0, 0.1) is 13.8 Å². The molecule has 0 atom stereocenters. The maximum atomic E-state index is 12.3. The Bertz CT molecular complexity index is 1070. The Balaban J connectivity index is 1.71. The fourth-order valence-electron chi connectivity index (χ4n) is 3.00. The Morgan fingerprint density at radius 3 is 1.17 bits per heavy atom. The largest absolute Gasteiger partial charge is 0.373 e. The lowest BCUT2D eigenvalue weighted by atomic mass is 9.89. The highest BCUT2D eigenvalue weighted by molar-refractivity contribution is 7.87. The monoisotopic (exact) mass is 542 g/mol. The Kier molecular flexibility index (Phi) is 10.7. The van der Waals surface area contributed by atoms with Crippen LogP contribution in [-0.2, 0) is 38.1 Å². The van der Waals surface area contributed by atoms with E-state index >= 15 is 0 Å². The van der Waals surface area contributed by atoms with E-state index in [9.17, 15) is 16.8 Å². The van der Waals surface area contributed by atoms with Crippen LogP contribution in [0.2, 0.25) is 0 Å². The van der Waals surface area contributed by atoms with Crippen molar-refractivity contribution in [1.29, 1.82) is 0 Å². The molecule has 0 amide bonds. The van der Waals surface area contributed by atoms with Crippen molar-refractivity contribution in [1.82, 2.24) is 0 Å². The minimum atomic E-state index is -3.80. The van der Waals surface area contributed by atoms with Gasteiger partial charge in [0.25, 0.3) is 20.2 Å². The molecule has 0 N–H and O–H groups in total. The molecular weight excluding hydrogens is 504 g/mol. The van der Waals surface area contributed by atoms with Crippen LogP contribution in [-0.4, -0.2) is 54.5 Å². The van der Waals surface area contributed by atoms with Gasteiger partial charge in [0.15, 0.2) is 0 Å². The topological polar surface area (TPSA) is 105 Å². The van der Waals surface area contributed by atoms with E-state index in [1.54, 1.807) is 24.3 Å². The van der Waals surface area contributed by atoms with Crippen molar-refractivity contribution in [3.63, 3.8) is 0 Å². The summed E-state index contributed by atoms with van der Waals surface area (Å²) in [5, 5.41) is 0. The van der Waals surface area contributed by atoms with Gasteiger partial charge in [-0.3, -0.25) is 8.37 Å². The molecule has 0 unspecified atom stereocenters. The number of benzene rings is 2. The van der Waals surface area contributed by atoms with Gasteiger partial charge in [0.05, 0.1) is 34.2 Å². The lowest BCUT2D eigenvalue weighted by molar-refractivity contribution is -0.177. The van der Waals surface area contributed by atoms with Gasteiger partial charge in [-0.05, 0) is 78.6 Å². The number of hydrogen-bond donors (Lipinski definition) is 0. The average molecular weight is 543 g/mol. The van der Waals surface area contributed by atoms with Gasteiger partial charge in [0.2, 0.25) is 0 Å². The lowest BCUT2D eigenvalue weighted by Gasteiger charge is -2.41. The molecule has 0 spiro atoms. The molecule has 0 saturated heterocycles. The van der Waals surface area contributed by atoms with E-state index < -0.39 is 31.4 Å². The highest BCUT2D eigenvalue weighted by Crippen LogP contribution is 2.29. The van der Waals surface area contributed by atoms with E-state index in [4.69, 9.17) is 17.8 Å². The molecular formula is C26H38O8S2. The Labute approximate surface area is 216 Å². The average Bonchev–Trinajstić information content (AvgIpc) is 2.79. The molecule has 36 heavy (non-hydrogen) atoms. The van der Waals surface area contributed by atoms with Crippen LogP contribution in [0.3, 0.4) is 0 Å². The molecule has 0 bridgehead atoms. The fourth-order valence-corrected chi connectivity index (χ4v) is 4.89. The van der Waals surface area contributed by atoms with Crippen LogP contribution >= 0.6 is 0 Å². The summed E-state index contributed by atoms with van der Waals surface area (Å²) in [6.45, 7) is 11.9. The summed E-state index contributed by atoms with van der Waals surface area (Å²) in [5.41, 5.74) is 0.540. The van der Waals surface area contributed by atoms with Crippen LogP contribution in [0.4, 0.5) is 0 Å². The van der Waals surface area contributed by atoms with Crippen molar-refractivity contribution in [2.45, 2.75) is 75.4 Å².